The van der Waals surface area contributed by atoms with E-state index in [1.807, 2.05) is 12.1 Å². The molecule has 0 saturated carbocycles. The fourth-order valence-corrected chi connectivity index (χ4v) is 3.90. The Hall–Kier alpha value is -3.11. The van der Waals surface area contributed by atoms with Gasteiger partial charge in [-0.2, -0.15) is 4.52 Å². The summed E-state index contributed by atoms with van der Waals surface area (Å²) in [6.07, 6.45) is 5.63. The number of rotatable bonds is 5. The van der Waals surface area contributed by atoms with E-state index in [2.05, 4.69) is 25.4 Å². The predicted molar refractivity (Wildman–Crippen MR) is 108 cm³/mol. The SMILES string of the molecule is O=C(CCc1nnc2ccc(N3CCC4(CC3)OCCO4)nn12)Nc1cccnc1. The van der Waals surface area contributed by atoms with Crippen LogP contribution in [0.3, 0.4) is 0 Å². The van der Waals surface area contributed by atoms with Gasteiger partial charge in [0.2, 0.25) is 5.91 Å². The molecular weight excluding hydrogens is 386 g/mol. The third-order valence-corrected chi connectivity index (χ3v) is 5.50. The molecule has 10 heteroatoms. The first-order valence-corrected chi connectivity index (χ1v) is 10.1. The number of aryl methyl sites for hydroxylation is 1. The molecule has 2 fully saturated rings. The number of pyridine rings is 1. The minimum absolute atomic E-state index is 0.103. The van der Waals surface area contributed by atoms with Crippen LogP contribution in [0.4, 0.5) is 11.5 Å². The fraction of sp³-hybridized carbons (Fsp3) is 0.450. The standard InChI is InChI=1S/C20H23N7O3/c28-19(22-15-2-1-9-21-14-15)6-5-17-24-23-16-3-4-18(25-27(16)17)26-10-7-20(8-11-26)29-12-13-30-20/h1-4,9,14H,5-8,10-13H2,(H,22,28). The predicted octanol–water partition coefficient (Wildman–Crippen LogP) is 1.43. The van der Waals surface area contributed by atoms with Gasteiger partial charge in [0.05, 0.1) is 25.1 Å². The Morgan fingerprint density at radius 2 is 1.97 bits per heavy atom. The van der Waals surface area contributed by atoms with Crippen molar-refractivity contribution in [2.75, 3.05) is 36.5 Å². The van der Waals surface area contributed by atoms with Gasteiger partial charge in [0.15, 0.2) is 17.3 Å². The molecule has 156 valence electrons. The highest BCUT2D eigenvalue weighted by Crippen LogP contribution is 2.32. The molecule has 0 aliphatic carbocycles. The average molecular weight is 409 g/mol. The monoisotopic (exact) mass is 409 g/mol. The number of hydrogen-bond donors (Lipinski definition) is 1. The number of fused-ring (bicyclic) bond motifs is 1. The van der Waals surface area contributed by atoms with Crippen LogP contribution in [0.25, 0.3) is 5.65 Å². The molecule has 1 spiro atoms. The summed E-state index contributed by atoms with van der Waals surface area (Å²) in [5.74, 6) is 0.998. The van der Waals surface area contributed by atoms with E-state index in [9.17, 15) is 4.79 Å². The van der Waals surface area contributed by atoms with Crippen LogP contribution >= 0.6 is 0 Å². The van der Waals surface area contributed by atoms with Crippen LogP contribution in [0.5, 0.6) is 0 Å². The van der Waals surface area contributed by atoms with Crippen molar-refractivity contribution in [3.05, 3.63) is 42.5 Å². The highest BCUT2D eigenvalue weighted by Gasteiger charge is 2.40. The Morgan fingerprint density at radius 1 is 1.13 bits per heavy atom. The number of hydrogen-bond acceptors (Lipinski definition) is 8. The van der Waals surface area contributed by atoms with E-state index < -0.39 is 5.79 Å². The van der Waals surface area contributed by atoms with Crippen LogP contribution in [0.1, 0.15) is 25.1 Å². The molecule has 1 N–H and O–H groups in total. The van der Waals surface area contributed by atoms with Crippen LogP contribution in [-0.2, 0) is 20.7 Å². The highest BCUT2D eigenvalue weighted by molar-refractivity contribution is 5.90. The van der Waals surface area contributed by atoms with Crippen molar-refractivity contribution in [1.82, 2.24) is 24.8 Å². The second-order valence-corrected chi connectivity index (χ2v) is 7.46. The summed E-state index contributed by atoms with van der Waals surface area (Å²) in [6, 6.07) is 7.44. The van der Waals surface area contributed by atoms with E-state index in [1.54, 1.807) is 29.0 Å². The number of nitrogens with one attached hydrogen (secondary N) is 1. The molecule has 0 atom stereocenters. The molecule has 2 aliphatic heterocycles. The first-order chi connectivity index (χ1) is 14.7. The van der Waals surface area contributed by atoms with Gasteiger partial charge < -0.3 is 19.7 Å². The van der Waals surface area contributed by atoms with Gasteiger partial charge in [0, 0.05) is 45.0 Å². The maximum Gasteiger partial charge on any atom is 0.224 e. The Labute approximate surface area is 173 Å². The van der Waals surface area contributed by atoms with Crippen molar-refractivity contribution < 1.29 is 14.3 Å². The lowest BCUT2D eigenvalue weighted by Gasteiger charge is -2.38. The number of carbonyl (C=O) groups is 1. The molecule has 3 aromatic heterocycles. The minimum atomic E-state index is -0.413. The van der Waals surface area contributed by atoms with Crippen LogP contribution in [-0.4, -0.2) is 62.8 Å². The Balaban J connectivity index is 1.25. The third-order valence-electron chi connectivity index (χ3n) is 5.50. The largest absolute Gasteiger partial charge is 0.355 e. The summed E-state index contributed by atoms with van der Waals surface area (Å²) < 4.78 is 13.3. The smallest absolute Gasteiger partial charge is 0.224 e. The van der Waals surface area contributed by atoms with E-state index in [-0.39, 0.29) is 12.3 Å². The second kappa shape index (κ2) is 7.96. The molecule has 5 heterocycles. The zero-order chi connectivity index (χ0) is 20.4. The van der Waals surface area contributed by atoms with Gasteiger partial charge in [-0.3, -0.25) is 9.78 Å². The molecule has 10 nitrogen and oxygen atoms in total. The molecule has 1 amide bonds. The van der Waals surface area contributed by atoms with Crippen molar-refractivity contribution >= 4 is 23.1 Å². The number of ether oxygens (including phenoxy) is 2. The van der Waals surface area contributed by atoms with Crippen molar-refractivity contribution in [3.8, 4) is 0 Å². The molecule has 0 radical (unpaired) electrons. The van der Waals surface area contributed by atoms with E-state index in [4.69, 9.17) is 14.6 Å². The first kappa shape index (κ1) is 18.9. The summed E-state index contributed by atoms with van der Waals surface area (Å²) in [5, 5.41) is 16.0. The van der Waals surface area contributed by atoms with Crippen LogP contribution in [0.2, 0.25) is 0 Å². The van der Waals surface area contributed by atoms with E-state index in [1.165, 1.54) is 0 Å². The minimum Gasteiger partial charge on any atom is -0.355 e. The first-order valence-electron chi connectivity index (χ1n) is 10.1. The van der Waals surface area contributed by atoms with Crippen molar-refractivity contribution in [3.63, 3.8) is 0 Å². The zero-order valence-corrected chi connectivity index (χ0v) is 16.5. The summed E-state index contributed by atoms with van der Waals surface area (Å²) in [6.45, 7) is 2.96. The van der Waals surface area contributed by atoms with Gasteiger partial charge in [-0.25, -0.2) is 0 Å². The molecule has 30 heavy (non-hydrogen) atoms. The molecular formula is C20H23N7O3. The summed E-state index contributed by atoms with van der Waals surface area (Å²) in [5.41, 5.74) is 1.34. The summed E-state index contributed by atoms with van der Waals surface area (Å²) >= 11 is 0. The van der Waals surface area contributed by atoms with Crippen LogP contribution < -0.4 is 10.2 Å². The third kappa shape index (κ3) is 3.83. The van der Waals surface area contributed by atoms with Crippen molar-refractivity contribution in [1.29, 1.82) is 0 Å². The maximum absolute atomic E-state index is 12.2. The Kier molecular flexibility index (Phi) is 5.01. The fourth-order valence-electron chi connectivity index (χ4n) is 3.90. The normalized spacial score (nSPS) is 18.2. The van der Waals surface area contributed by atoms with E-state index >= 15 is 0 Å². The van der Waals surface area contributed by atoms with Gasteiger partial charge in [0.1, 0.15) is 5.82 Å². The number of nitrogens with zero attached hydrogens (tertiary/aromatic N) is 6. The lowest BCUT2D eigenvalue weighted by Crippen LogP contribution is -2.45. The van der Waals surface area contributed by atoms with Gasteiger partial charge in [0.25, 0.3) is 0 Å². The second-order valence-electron chi connectivity index (χ2n) is 7.46. The van der Waals surface area contributed by atoms with E-state index in [0.29, 0.717) is 36.8 Å². The molecule has 2 aliphatic rings. The lowest BCUT2D eigenvalue weighted by molar-refractivity contribution is -0.169. The van der Waals surface area contributed by atoms with Crippen LogP contribution in [0, 0.1) is 0 Å². The zero-order valence-electron chi connectivity index (χ0n) is 16.5. The molecule has 0 aromatic carbocycles. The number of anilines is 2. The number of carbonyl (C=O) groups excluding carboxylic acids is 1. The van der Waals surface area contributed by atoms with Gasteiger partial charge in [-0.1, -0.05) is 0 Å². The maximum atomic E-state index is 12.2. The van der Waals surface area contributed by atoms with Gasteiger partial charge in [-0.05, 0) is 24.3 Å². The van der Waals surface area contributed by atoms with Crippen molar-refractivity contribution in [2.45, 2.75) is 31.5 Å². The molecule has 0 unspecified atom stereocenters. The topological polar surface area (TPSA) is 107 Å². The van der Waals surface area contributed by atoms with E-state index in [0.717, 1.165) is 31.7 Å². The number of aromatic nitrogens is 5. The average Bonchev–Trinajstić information content (AvgIpc) is 3.40. The summed E-state index contributed by atoms with van der Waals surface area (Å²) in [7, 11) is 0. The summed E-state index contributed by atoms with van der Waals surface area (Å²) in [4.78, 5) is 18.4. The lowest BCUT2D eigenvalue weighted by atomic mass is 10.0. The van der Waals surface area contributed by atoms with Gasteiger partial charge >= 0.3 is 0 Å². The van der Waals surface area contributed by atoms with Crippen LogP contribution in [0.15, 0.2) is 36.7 Å². The molecule has 2 saturated heterocycles. The quantitative estimate of drug-likeness (QED) is 0.675. The van der Waals surface area contributed by atoms with Crippen molar-refractivity contribution in [2.24, 2.45) is 0 Å². The molecule has 3 aromatic rings. The molecule has 5 rings (SSSR count). The molecule has 0 bridgehead atoms. The number of piperidine rings is 1. The Bertz CT molecular complexity index is 1020. The highest BCUT2D eigenvalue weighted by atomic mass is 16.7. The number of amides is 1. The Morgan fingerprint density at radius 3 is 2.73 bits per heavy atom. The van der Waals surface area contributed by atoms with Gasteiger partial charge in [-0.15, -0.1) is 15.3 Å².